The summed E-state index contributed by atoms with van der Waals surface area (Å²) in [6, 6.07) is 9.48. The van der Waals surface area contributed by atoms with Crippen molar-refractivity contribution in [2.24, 2.45) is 5.92 Å². The van der Waals surface area contributed by atoms with Crippen LogP contribution < -0.4 is 0 Å². The highest BCUT2D eigenvalue weighted by atomic mass is 16.5. The Balaban J connectivity index is 1.92. The number of rotatable bonds is 3. The molecule has 1 aromatic rings. The van der Waals surface area contributed by atoms with Gasteiger partial charge in [0, 0.05) is 19.0 Å². The molecule has 1 N–H and O–H groups in total. The van der Waals surface area contributed by atoms with Crippen LogP contribution in [0.4, 0.5) is 0 Å². The van der Waals surface area contributed by atoms with Crippen LogP contribution in [-0.2, 0) is 15.1 Å². The van der Waals surface area contributed by atoms with Gasteiger partial charge in [-0.2, -0.15) is 0 Å². The summed E-state index contributed by atoms with van der Waals surface area (Å²) < 4.78 is 5.34. The van der Waals surface area contributed by atoms with Crippen molar-refractivity contribution in [3.05, 3.63) is 35.9 Å². The fourth-order valence-corrected chi connectivity index (χ4v) is 3.75. The molecule has 1 heterocycles. The molecule has 22 heavy (non-hydrogen) atoms. The number of ether oxygens (including phenoxy) is 1. The number of carbonyl (C=O) groups excluding carboxylic acids is 1. The third kappa shape index (κ3) is 2.90. The summed E-state index contributed by atoms with van der Waals surface area (Å²) in [5, 5.41) is 11.5. The molecule has 0 aromatic heterocycles. The molecule has 120 valence electrons. The standard InChI is InChI=1S/C18H25NO3/c20-17(19-11-13-22-14-12-19)18(21,15-7-3-1-4-8-15)16-9-5-2-6-10-16/h1,3-4,7-8,16,21H,2,5-6,9-14H2. The van der Waals surface area contributed by atoms with Crippen molar-refractivity contribution in [3.8, 4) is 0 Å². The van der Waals surface area contributed by atoms with Gasteiger partial charge in [-0.15, -0.1) is 0 Å². The van der Waals surface area contributed by atoms with Crippen molar-refractivity contribution in [2.45, 2.75) is 37.7 Å². The number of morpholine rings is 1. The van der Waals surface area contributed by atoms with E-state index in [4.69, 9.17) is 4.74 Å². The normalized spacial score (nSPS) is 23.0. The van der Waals surface area contributed by atoms with Crippen LogP contribution in [-0.4, -0.2) is 42.2 Å². The molecule has 1 saturated heterocycles. The Kier molecular flexibility index (Phi) is 4.79. The zero-order valence-corrected chi connectivity index (χ0v) is 13.0. The summed E-state index contributed by atoms with van der Waals surface area (Å²) >= 11 is 0. The second-order valence-corrected chi connectivity index (χ2v) is 6.37. The van der Waals surface area contributed by atoms with E-state index < -0.39 is 5.60 Å². The fourth-order valence-electron chi connectivity index (χ4n) is 3.75. The Labute approximate surface area is 132 Å². The molecule has 3 rings (SSSR count). The second kappa shape index (κ2) is 6.80. The first-order valence-corrected chi connectivity index (χ1v) is 8.38. The smallest absolute Gasteiger partial charge is 0.259 e. The Bertz CT molecular complexity index is 492. The van der Waals surface area contributed by atoms with E-state index in [0.717, 1.165) is 31.2 Å². The number of benzene rings is 1. The van der Waals surface area contributed by atoms with E-state index in [1.54, 1.807) is 4.90 Å². The van der Waals surface area contributed by atoms with Crippen molar-refractivity contribution in [3.63, 3.8) is 0 Å². The number of nitrogens with zero attached hydrogens (tertiary/aromatic N) is 1. The first-order valence-electron chi connectivity index (χ1n) is 8.38. The zero-order chi connectivity index (χ0) is 15.4. The number of hydrogen-bond acceptors (Lipinski definition) is 3. The summed E-state index contributed by atoms with van der Waals surface area (Å²) in [5.74, 6) is -0.132. The minimum absolute atomic E-state index is 0.0130. The highest BCUT2D eigenvalue weighted by Crippen LogP contribution is 2.40. The van der Waals surface area contributed by atoms with Gasteiger partial charge in [-0.05, 0) is 18.4 Å². The van der Waals surface area contributed by atoms with Gasteiger partial charge in [0.2, 0.25) is 0 Å². The number of amides is 1. The molecule has 1 saturated carbocycles. The zero-order valence-electron chi connectivity index (χ0n) is 13.0. The lowest BCUT2D eigenvalue weighted by molar-refractivity contribution is -0.165. The van der Waals surface area contributed by atoms with Crippen molar-refractivity contribution >= 4 is 5.91 Å². The Morgan fingerprint density at radius 3 is 2.36 bits per heavy atom. The predicted molar refractivity (Wildman–Crippen MR) is 84.3 cm³/mol. The predicted octanol–water partition coefficient (Wildman–Crippen LogP) is 2.31. The molecule has 1 atom stereocenters. The molecule has 2 aliphatic rings. The molecule has 4 nitrogen and oxygen atoms in total. The molecule has 4 heteroatoms. The van der Waals surface area contributed by atoms with E-state index in [1.165, 1.54) is 6.42 Å². The van der Waals surface area contributed by atoms with Crippen LogP contribution in [0.1, 0.15) is 37.7 Å². The van der Waals surface area contributed by atoms with Crippen molar-refractivity contribution in [1.82, 2.24) is 4.90 Å². The van der Waals surface area contributed by atoms with Crippen molar-refractivity contribution in [1.29, 1.82) is 0 Å². The molecule has 1 unspecified atom stereocenters. The maximum Gasteiger partial charge on any atom is 0.259 e. The maximum atomic E-state index is 13.1. The van der Waals surface area contributed by atoms with Crippen LogP contribution in [0.3, 0.4) is 0 Å². The Morgan fingerprint density at radius 1 is 1.09 bits per heavy atom. The summed E-state index contributed by atoms with van der Waals surface area (Å²) in [7, 11) is 0. The van der Waals surface area contributed by atoms with E-state index in [9.17, 15) is 9.90 Å². The van der Waals surface area contributed by atoms with Crippen LogP contribution in [0.25, 0.3) is 0 Å². The van der Waals surface area contributed by atoms with Gasteiger partial charge in [-0.1, -0.05) is 49.6 Å². The largest absolute Gasteiger partial charge is 0.378 e. The lowest BCUT2D eigenvalue weighted by Crippen LogP contribution is -2.54. The summed E-state index contributed by atoms with van der Waals surface area (Å²) in [4.78, 5) is 14.9. The van der Waals surface area contributed by atoms with E-state index in [2.05, 4.69) is 0 Å². The summed E-state index contributed by atoms with van der Waals surface area (Å²) in [6.45, 7) is 2.25. The summed E-state index contributed by atoms with van der Waals surface area (Å²) in [5.41, 5.74) is -0.655. The molecule has 1 amide bonds. The number of hydrogen-bond donors (Lipinski definition) is 1. The summed E-state index contributed by atoms with van der Waals surface area (Å²) in [6.07, 6.45) is 5.22. The van der Waals surface area contributed by atoms with Gasteiger partial charge in [-0.3, -0.25) is 4.79 Å². The monoisotopic (exact) mass is 303 g/mol. The minimum atomic E-state index is -1.39. The van der Waals surface area contributed by atoms with Gasteiger partial charge < -0.3 is 14.7 Å². The van der Waals surface area contributed by atoms with Crippen LogP contribution in [0, 0.1) is 5.92 Å². The molecule has 0 radical (unpaired) electrons. The van der Waals surface area contributed by atoms with Gasteiger partial charge in [-0.25, -0.2) is 0 Å². The van der Waals surface area contributed by atoms with Crippen LogP contribution in [0.15, 0.2) is 30.3 Å². The lowest BCUT2D eigenvalue weighted by atomic mass is 9.72. The van der Waals surface area contributed by atoms with Gasteiger partial charge in [0.25, 0.3) is 5.91 Å². The Morgan fingerprint density at radius 2 is 1.73 bits per heavy atom. The van der Waals surface area contributed by atoms with E-state index in [-0.39, 0.29) is 11.8 Å². The molecule has 2 fully saturated rings. The molecule has 1 aliphatic carbocycles. The molecule has 1 aromatic carbocycles. The third-order valence-corrected chi connectivity index (χ3v) is 5.03. The fraction of sp³-hybridized carbons (Fsp3) is 0.611. The molecule has 0 bridgehead atoms. The lowest BCUT2D eigenvalue weighted by Gasteiger charge is -2.41. The van der Waals surface area contributed by atoms with E-state index in [0.29, 0.717) is 26.3 Å². The minimum Gasteiger partial charge on any atom is -0.378 e. The molecule has 0 spiro atoms. The number of aliphatic hydroxyl groups is 1. The van der Waals surface area contributed by atoms with Crippen molar-refractivity contribution in [2.75, 3.05) is 26.3 Å². The van der Waals surface area contributed by atoms with Gasteiger partial charge >= 0.3 is 0 Å². The quantitative estimate of drug-likeness (QED) is 0.932. The number of carbonyl (C=O) groups is 1. The van der Waals surface area contributed by atoms with Crippen LogP contribution in [0.2, 0.25) is 0 Å². The highest BCUT2D eigenvalue weighted by molar-refractivity contribution is 5.87. The third-order valence-electron chi connectivity index (χ3n) is 5.03. The Hall–Kier alpha value is -1.39. The maximum absolute atomic E-state index is 13.1. The first-order chi connectivity index (χ1) is 10.7. The topological polar surface area (TPSA) is 49.8 Å². The molecular weight excluding hydrogens is 278 g/mol. The van der Waals surface area contributed by atoms with Crippen LogP contribution in [0.5, 0.6) is 0 Å². The van der Waals surface area contributed by atoms with Gasteiger partial charge in [0.1, 0.15) is 0 Å². The SMILES string of the molecule is O=C(N1CCOCC1)C(O)(c1ccccc1)C1CCCCC1. The first kappa shape index (κ1) is 15.5. The van der Waals surface area contributed by atoms with Gasteiger partial charge in [0.15, 0.2) is 5.60 Å². The molecule has 1 aliphatic heterocycles. The van der Waals surface area contributed by atoms with E-state index in [1.807, 2.05) is 30.3 Å². The van der Waals surface area contributed by atoms with Gasteiger partial charge in [0.05, 0.1) is 13.2 Å². The highest BCUT2D eigenvalue weighted by Gasteiger charge is 2.47. The second-order valence-electron chi connectivity index (χ2n) is 6.37. The van der Waals surface area contributed by atoms with E-state index >= 15 is 0 Å². The molecular formula is C18H25NO3. The van der Waals surface area contributed by atoms with Crippen LogP contribution >= 0.6 is 0 Å². The average molecular weight is 303 g/mol. The van der Waals surface area contributed by atoms with Crippen molar-refractivity contribution < 1.29 is 14.6 Å². The average Bonchev–Trinajstić information content (AvgIpc) is 2.62.